The van der Waals surface area contributed by atoms with Crippen molar-refractivity contribution in [3.63, 3.8) is 0 Å². The van der Waals surface area contributed by atoms with Crippen molar-refractivity contribution >= 4 is 29.6 Å². The third kappa shape index (κ3) is 4.55. The Labute approximate surface area is 168 Å². The normalized spacial score (nSPS) is 14.7. The molecule has 8 heteroatoms. The molecule has 29 heavy (non-hydrogen) atoms. The molecule has 0 unspecified atom stereocenters. The van der Waals surface area contributed by atoms with E-state index in [0.29, 0.717) is 22.7 Å². The first-order valence-corrected chi connectivity index (χ1v) is 8.84. The van der Waals surface area contributed by atoms with Crippen molar-refractivity contribution in [1.82, 2.24) is 10.2 Å². The molecule has 1 heterocycles. The predicted molar refractivity (Wildman–Crippen MR) is 108 cm³/mol. The van der Waals surface area contributed by atoms with Crippen LogP contribution in [0.5, 0.6) is 11.5 Å². The molecule has 1 saturated heterocycles. The number of rotatable bonds is 6. The van der Waals surface area contributed by atoms with Crippen LogP contribution in [0.15, 0.2) is 48.2 Å². The van der Waals surface area contributed by atoms with Gasteiger partial charge >= 0.3 is 6.03 Å². The maximum Gasteiger partial charge on any atom is 0.329 e. The molecule has 1 aliphatic heterocycles. The van der Waals surface area contributed by atoms with Crippen molar-refractivity contribution in [3.8, 4) is 11.5 Å². The first kappa shape index (κ1) is 19.9. The van der Waals surface area contributed by atoms with E-state index < -0.39 is 24.4 Å². The predicted octanol–water partition coefficient (Wildman–Crippen LogP) is 2.54. The summed E-state index contributed by atoms with van der Waals surface area (Å²) in [4.78, 5) is 37.9. The summed E-state index contributed by atoms with van der Waals surface area (Å²) in [5, 5.41) is 5.17. The van der Waals surface area contributed by atoms with Gasteiger partial charge in [-0.3, -0.25) is 9.59 Å². The van der Waals surface area contributed by atoms with Crippen LogP contribution in [0.25, 0.3) is 6.08 Å². The van der Waals surface area contributed by atoms with Crippen molar-refractivity contribution in [2.24, 2.45) is 0 Å². The highest BCUT2D eigenvalue weighted by Gasteiger charge is 2.35. The van der Waals surface area contributed by atoms with Crippen molar-refractivity contribution < 1.29 is 23.9 Å². The van der Waals surface area contributed by atoms with Gasteiger partial charge in [0.1, 0.15) is 23.7 Å². The fraction of sp³-hybridized carbons (Fsp3) is 0.190. The lowest BCUT2D eigenvalue weighted by Crippen LogP contribution is -2.38. The molecule has 1 aliphatic rings. The summed E-state index contributed by atoms with van der Waals surface area (Å²) < 4.78 is 10.4. The summed E-state index contributed by atoms with van der Waals surface area (Å²) in [6.07, 6.45) is 1.50. The minimum Gasteiger partial charge on any atom is -0.497 e. The van der Waals surface area contributed by atoms with E-state index in [9.17, 15) is 14.4 Å². The highest BCUT2D eigenvalue weighted by molar-refractivity contribution is 6.16. The number of benzene rings is 2. The summed E-state index contributed by atoms with van der Waals surface area (Å²) in [6, 6.07) is 11.7. The zero-order valence-electron chi connectivity index (χ0n) is 16.3. The number of hydrogen-bond donors (Lipinski definition) is 2. The standard InChI is InChI=1S/C21H21N3O5/c1-13-5-4-6-15(9-13)22-19(25)12-24-20(26)17(23-21(24)27)10-14-7-8-16(28-2)11-18(14)29-3/h4-11H,12H2,1-3H3,(H,22,25)(H,23,27)/b17-10+. The Morgan fingerprint density at radius 2 is 1.93 bits per heavy atom. The molecule has 1 fully saturated rings. The van der Waals surface area contributed by atoms with Gasteiger partial charge in [0.05, 0.1) is 14.2 Å². The Kier molecular flexibility index (Phi) is 5.82. The van der Waals surface area contributed by atoms with Gasteiger partial charge in [-0.2, -0.15) is 0 Å². The molecule has 0 radical (unpaired) electrons. The monoisotopic (exact) mass is 395 g/mol. The summed E-state index contributed by atoms with van der Waals surface area (Å²) in [7, 11) is 3.03. The van der Waals surface area contributed by atoms with Crippen LogP contribution in [0.1, 0.15) is 11.1 Å². The quantitative estimate of drug-likeness (QED) is 0.579. The van der Waals surface area contributed by atoms with Crippen LogP contribution in [0.2, 0.25) is 0 Å². The van der Waals surface area contributed by atoms with Gasteiger partial charge in [0.15, 0.2) is 0 Å². The van der Waals surface area contributed by atoms with E-state index in [0.717, 1.165) is 10.5 Å². The Bertz CT molecular complexity index is 1000. The van der Waals surface area contributed by atoms with Crippen LogP contribution in [0.4, 0.5) is 10.5 Å². The zero-order chi connectivity index (χ0) is 21.0. The molecule has 0 spiro atoms. The van der Waals surface area contributed by atoms with E-state index in [1.165, 1.54) is 20.3 Å². The number of aryl methyl sites for hydroxylation is 1. The van der Waals surface area contributed by atoms with Crippen LogP contribution in [-0.2, 0) is 9.59 Å². The second kappa shape index (κ2) is 8.47. The zero-order valence-corrected chi connectivity index (χ0v) is 16.3. The number of imide groups is 1. The van der Waals surface area contributed by atoms with Crippen molar-refractivity contribution in [2.45, 2.75) is 6.92 Å². The Morgan fingerprint density at radius 1 is 1.14 bits per heavy atom. The molecule has 0 bridgehead atoms. The molecule has 8 nitrogen and oxygen atoms in total. The minimum absolute atomic E-state index is 0.0572. The van der Waals surface area contributed by atoms with Gasteiger partial charge < -0.3 is 20.1 Å². The van der Waals surface area contributed by atoms with Crippen LogP contribution in [-0.4, -0.2) is 43.5 Å². The van der Waals surface area contributed by atoms with Crippen LogP contribution in [0.3, 0.4) is 0 Å². The van der Waals surface area contributed by atoms with Crippen molar-refractivity contribution in [2.75, 3.05) is 26.1 Å². The topological polar surface area (TPSA) is 97.0 Å². The van der Waals surface area contributed by atoms with E-state index in [2.05, 4.69) is 10.6 Å². The Balaban J connectivity index is 1.74. The highest BCUT2D eigenvalue weighted by atomic mass is 16.5. The smallest absolute Gasteiger partial charge is 0.329 e. The number of ether oxygens (including phenoxy) is 2. The molecule has 4 amide bonds. The average Bonchev–Trinajstić information content (AvgIpc) is 2.95. The fourth-order valence-corrected chi connectivity index (χ4v) is 2.88. The molecular formula is C21H21N3O5. The first-order valence-electron chi connectivity index (χ1n) is 8.84. The second-order valence-electron chi connectivity index (χ2n) is 6.40. The number of amides is 4. The van der Waals surface area contributed by atoms with E-state index in [1.54, 1.807) is 30.3 Å². The SMILES string of the molecule is COc1ccc(/C=C2/NC(=O)N(CC(=O)Nc3cccc(C)c3)C2=O)c(OC)c1. The van der Waals surface area contributed by atoms with Crippen molar-refractivity contribution in [3.05, 3.63) is 59.3 Å². The number of urea groups is 1. The molecule has 0 aromatic heterocycles. The summed E-state index contributed by atoms with van der Waals surface area (Å²) >= 11 is 0. The maximum atomic E-state index is 12.6. The number of methoxy groups -OCH3 is 2. The van der Waals surface area contributed by atoms with E-state index in [1.807, 2.05) is 19.1 Å². The summed E-state index contributed by atoms with van der Waals surface area (Å²) in [5.74, 6) is 0.0180. The highest BCUT2D eigenvalue weighted by Crippen LogP contribution is 2.27. The lowest BCUT2D eigenvalue weighted by Gasteiger charge is -2.12. The van der Waals surface area contributed by atoms with Crippen LogP contribution < -0.4 is 20.1 Å². The average molecular weight is 395 g/mol. The molecule has 2 N–H and O–H groups in total. The van der Waals surface area contributed by atoms with Gasteiger partial charge in [0.2, 0.25) is 5.91 Å². The van der Waals surface area contributed by atoms with Gasteiger partial charge in [-0.1, -0.05) is 12.1 Å². The third-order valence-corrected chi connectivity index (χ3v) is 4.31. The van der Waals surface area contributed by atoms with Gasteiger partial charge in [0.25, 0.3) is 5.91 Å². The fourth-order valence-electron chi connectivity index (χ4n) is 2.88. The second-order valence-corrected chi connectivity index (χ2v) is 6.40. The molecule has 150 valence electrons. The first-order chi connectivity index (χ1) is 13.9. The summed E-state index contributed by atoms with van der Waals surface area (Å²) in [6.45, 7) is 1.51. The Hall–Kier alpha value is -3.81. The lowest BCUT2D eigenvalue weighted by molar-refractivity contribution is -0.127. The van der Waals surface area contributed by atoms with E-state index in [4.69, 9.17) is 9.47 Å². The summed E-state index contributed by atoms with van der Waals surface area (Å²) in [5.41, 5.74) is 2.22. The number of hydrogen-bond acceptors (Lipinski definition) is 5. The molecule has 3 rings (SSSR count). The van der Waals surface area contributed by atoms with Crippen molar-refractivity contribution in [1.29, 1.82) is 0 Å². The van der Waals surface area contributed by atoms with E-state index >= 15 is 0 Å². The lowest BCUT2D eigenvalue weighted by atomic mass is 10.1. The minimum atomic E-state index is -0.659. The molecule has 0 atom stereocenters. The number of nitrogens with zero attached hydrogens (tertiary/aromatic N) is 1. The number of anilines is 1. The van der Waals surface area contributed by atoms with Gasteiger partial charge in [0, 0.05) is 17.3 Å². The Morgan fingerprint density at radius 3 is 2.62 bits per heavy atom. The van der Waals surface area contributed by atoms with E-state index in [-0.39, 0.29) is 5.70 Å². The number of carbonyl (C=O) groups excluding carboxylic acids is 3. The van der Waals surface area contributed by atoms with Crippen LogP contribution >= 0.6 is 0 Å². The van der Waals surface area contributed by atoms with Crippen LogP contribution in [0, 0.1) is 6.92 Å². The molecule has 0 aliphatic carbocycles. The number of carbonyl (C=O) groups is 3. The molecular weight excluding hydrogens is 374 g/mol. The largest absolute Gasteiger partial charge is 0.497 e. The number of nitrogens with one attached hydrogen (secondary N) is 2. The van der Waals surface area contributed by atoms with Gasteiger partial charge in [-0.05, 0) is 42.8 Å². The van der Waals surface area contributed by atoms with Gasteiger partial charge in [-0.15, -0.1) is 0 Å². The molecule has 0 saturated carbocycles. The maximum absolute atomic E-state index is 12.6. The van der Waals surface area contributed by atoms with Gasteiger partial charge in [-0.25, -0.2) is 9.69 Å². The third-order valence-electron chi connectivity index (χ3n) is 4.31. The molecule has 2 aromatic carbocycles. The molecule has 2 aromatic rings.